The van der Waals surface area contributed by atoms with Gasteiger partial charge in [-0.15, -0.1) is 0 Å². The zero-order valence-electron chi connectivity index (χ0n) is 13.2. The molecule has 0 fully saturated rings. The van der Waals surface area contributed by atoms with Crippen molar-refractivity contribution >= 4 is 28.9 Å². The molecule has 0 aliphatic heterocycles. The highest BCUT2D eigenvalue weighted by atomic mass is 35.5. The molecular formula is C19H15ClFN3O. The Morgan fingerprint density at radius 1 is 1.04 bits per heavy atom. The monoisotopic (exact) mass is 355 g/mol. The van der Waals surface area contributed by atoms with Crippen LogP contribution in [0.3, 0.4) is 0 Å². The van der Waals surface area contributed by atoms with Crippen molar-refractivity contribution in [3.8, 4) is 0 Å². The van der Waals surface area contributed by atoms with Crippen molar-refractivity contribution in [1.82, 2.24) is 10.3 Å². The minimum Gasteiger partial charge on any atom is -0.353 e. The molecule has 3 aromatic rings. The van der Waals surface area contributed by atoms with E-state index in [9.17, 15) is 9.18 Å². The summed E-state index contributed by atoms with van der Waals surface area (Å²) in [6, 6.07) is 16.7. The van der Waals surface area contributed by atoms with E-state index in [-0.39, 0.29) is 11.7 Å². The lowest BCUT2D eigenvalue weighted by atomic mass is 10.2. The number of carbonyl (C=O) groups excluding carboxylic acids is 1. The van der Waals surface area contributed by atoms with Gasteiger partial charge in [0, 0.05) is 6.54 Å². The lowest BCUT2D eigenvalue weighted by Crippen LogP contribution is -2.23. The van der Waals surface area contributed by atoms with Crippen LogP contribution in [-0.2, 0) is 6.54 Å². The number of rotatable bonds is 5. The summed E-state index contributed by atoms with van der Waals surface area (Å²) in [5.41, 5.74) is 2.60. The molecule has 0 bridgehead atoms. The molecule has 0 unspecified atom stereocenters. The van der Waals surface area contributed by atoms with E-state index in [0.717, 1.165) is 16.9 Å². The van der Waals surface area contributed by atoms with Gasteiger partial charge in [0.2, 0.25) is 0 Å². The number of hydrogen-bond donors (Lipinski definition) is 2. The number of nitrogens with one attached hydrogen (secondary N) is 2. The number of para-hydroxylation sites is 1. The van der Waals surface area contributed by atoms with Gasteiger partial charge >= 0.3 is 0 Å². The molecule has 0 atom stereocenters. The van der Waals surface area contributed by atoms with Crippen molar-refractivity contribution in [2.75, 3.05) is 5.32 Å². The molecule has 6 heteroatoms. The first-order valence-corrected chi connectivity index (χ1v) is 8.00. The number of pyridine rings is 1. The van der Waals surface area contributed by atoms with Gasteiger partial charge in [-0.2, -0.15) is 0 Å². The molecule has 126 valence electrons. The molecular weight excluding hydrogens is 341 g/mol. The molecule has 4 nitrogen and oxygen atoms in total. The standard InChI is InChI=1S/C19H15ClFN3O/c20-16-3-1-2-4-17(16)24-15-9-10-18(22-12-15)19(25)23-11-13-5-7-14(21)8-6-13/h1-10,12,24H,11H2,(H,23,25). The van der Waals surface area contributed by atoms with E-state index in [1.165, 1.54) is 12.1 Å². The van der Waals surface area contributed by atoms with Crippen LogP contribution in [-0.4, -0.2) is 10.9 Å². The third-order valence-corrected chi connectivity index (χ3v) is 3.84. The number of carbonyl (C=O) groups is 1. The maximum absolute atomic E-state index is 12.9. The summed E-state index contributed by atoms with van der Waals surface area (Å²) in [5.74, 6) is -0.605. The molecule has 2 aromatic carbocycles. The molecule has 0 saturated carbocycles. The van der Waals surface area contributed by atoms with Crippen LogP contribution in [0.15, 0.2) is 66.9 Å². The average molecular weight is 356 g/mol. The molecule has 0 saturated heterocycles. The number of anilines is 2. The second kappa shape index (κ2) is 7.77. The van der Waals surface area contributed by atoms with Crippen molar-refractivity contribution in [1.29, 1.82) is 0 Å². The highest BCUT2D eigenvalue weighted by molar-refractivity contribution is 6.33. The smallest absolute Gasteiger partial charge is 0.270 e. The van der Waals surface area contributed by atoms with Crippen LogP contribution in [0.25, 0.3) is 0 Å². The SMILES string of the molecule is O=C(NCc1ccc(F)cc1)c1ccc(Nc2ccccc2Cl)cn1. The van der Waals surface area contributed by atoms with Gasteiger partial charge in [-0.3, -0.25) is 4.79 Å². The van der Waals surface area contributed by atoms with E-state index in [1.807, 2.05) is 18.2 Å². The van der Waals surface area contributed by atoms with E-state index in [1.54, 1.807) is 36.5 Å². The lowest BCUT2D eigenvalue weighted by molar-refractivity contribution is 0.0946. The van der Waals surface area contributed by atoms with Crippen LogP contribution in [0.2, 0.25) is 5.02 Å². The third-order valence-electron chi connectivity index (χ3n) is 3.52. The molecule has 0 aliphatic carbocycles. The molecule has 0 radical (unpaired) electrons. The Hall–Kier alpha value is -2.92. The minimum atomic E-state index is -0.307. The number of benzene rings is 2. The predicted octanol–water partition coefficient (Wildman–Crippen LogP) is 4.55. The number of nitrogens with zero attached hydrogens (tertiary/aromatic N) is 1. The second-order valence-corrected chi connectivity index (χ2v) is 5.75. The molecule has 1 heterocycles. The number of hydrogen-bond acceptors (Lipinski definition) is 3. The fourth-order valence-electron chi connectivity index (χ4n) is 2.20. The number of amides is 1. The van der Waals surface area contributed by atoms with Crippen molar-refractivity contribution in [2.24, 2.45) is 0 Å². The second-order valence-electron chi connectivity index (χ2n) is 5.35. The fraction of sp³-hybridized carbons (Fsp3) is 0.0526. The van der Waals surface area contributed by atoms with E-state index < -0.39 is 0 Å². The van der Waals surface area contributed by atoms with E-state index in [0.29, 0.717) is 17.3 Å². The van der Waals surface area contributed by atoms with Crippen LogP contribution in [0.1, 0.15) is 16.1 Å². The summed E-state index contributed by atoms with van der Waals surface area (Å²) in [6.07, 6.45) is 1.57. The first-order valence-electron chi connectivity index (χ1n) is 7.62. The largest absolute Gasteiger partial charge is 0.353 e. The van der Waals surface area contributed by atoms with Gasteiger partial charge in [0.15, 0.2) is 0 Å². The van der Waals surface area contributed by atoms with Crippen LogP contribution in [0.5, 0.6) is 0 Å². The van der Waals surface area contributed by atoms with Crippen LogP contribution < -0.4 is 10.6 Å². The van der Waals surface area contributed by atoms with Crippen LogP contribution >= 0.6 is 11.6 Å². The quantitative estimate of drug-likeness (QED) is 0.706. The topological polar surface area (TPSA) is 54.0 Å². The van der Waals surface area contributed by atoms with E-state index in [2.05, 4.69) is 15.6 Å². The van der Waals surface area contributed by atoms with Crippen LogP contribution in [0, 0.1) is 5.82 Å². The summed E-state index contributed by atoms with van der Waals surface area (Å²) < 4.78 is 12.9. The maximum Gasteiger partial charge on any atom is 0.270 e. The highest BCUT2D eigenvalue weighted by Gasteiger charge is 2.07. The Balaban J connectivity index is 1.60. The first kappa shape index (κ1) is 16.9. The van der Waals surface area contributed by atoms with Gasteiger partial charge in [0.1, 0.15) is 11.5 Å². The van der Waals surface area contributed by atoms with Crippen molar-refractivity contribution in [2.45, 2.75) is 6.54 Å². The van der Waals surface area contributed by atoms with Gasteiger partial charge in [0.05, 0.1) is 22.6 Å². The summed E-state index contributed by atoms with van der Waals surface area (Å²) >= 11 is 6.09. The zero-order chi connectivity index (χ0) is 17.6. The predicted molar refractivity (Wildman–Crippen MR) is 96.5 cm³/mol. The Bertz CT molecular complexity index is 867. The lowest BCUT2D eigenvalue weighted by Gasteiger charge is -2.09. The Morgan fingerprint density at radius 2 is 1.80 bits per heavy atom. The van der Waals surface area contributed by atoms with Gasteiger partial charge in [-0.05, 0) is 42.0 Å². The third kappa shape index (κ3) is 4.55. The van der Waals surface area contributed by atoms with E-state index >= 15 is 0 Å². The zero-order valence-corrected chi connectivity index (χ0v) is 13.9. The molecule has 3 rings (SSSR count). The molecule has 25 heavy (non-hydrogen) atoms. The van der Waals surface area contributed by atoms with Crippen molar-refractivity contribution in [3.05, 3.63) is 89.0 Å². The highest BCUT2D eigenvalue weighted by Crippen LogP contribution is 2.24. The Labute approximate surface area is 149 Å². The van der Waals surface area contributed by atoms with Gasteiger partial charge in [0.25, 0.3) is 5.91 Å². The van der Waals surface area contributed by atoms with Crippen molar-refractivity contribution < 1.29 is 9.18 Å². The minimum absolute atomic E-state index is 0.298. The van der Waals surface area contributed by atoms with Gasteiger partial charge in [-0.1, -0.05) is 35.9 Å². The molecule has 1 aromatic heterocycles. The molecule has 0 spiro atoms. The molecule has 2 N–H and O–H groups in total. The first-order chi connectivity index (χ1) is 12.1. The number of halogens is 2. The molecule has 1 amide bonds. The Kier molecular flexibility index (Phi) is 5.26. The van der Waals surface area contributed by atoms with Crippen molar-refractivity contribution in [3.63, 3.8) is 0 Å². The average Bonchev–Trinajstić information content (AvgIpc) is 2.63. The van der Waals surface area contributed by atoms with Gasteiger partial charge in [-0.25, -0.2) is 9.37 Å². The summed E-state index contributed by atoms with van der Waals surface area (Å²) in [7, 11) is 0. The number of aromatic nitrogens is 1. The van der Waals surface area contributed by atoms with E-state index in [4.69, 9.17) is 11.6 Å². The fourth-order valence-corrected chi connectivity index (χ4v) is 2.38. The normalized spacial score (nSPS) is 10.3. The van der Waals surface area contributed by atoms with Gasteiger partial charge < -0.3 is 10.6 Å². The Morgan fingerprint density at radius 3 is 2.48 bits per heavy atom. The maximum atomic E-state index is 12.9. The summed E-state index contributed by atoms with van der Waals surface area (Å²) in [4.78, 5) is 16.3. The molecule has 0 aliphatic rings. The van der Waals surface area contributed by atoms with Crippen LogP contribution in [0.4, 0.5) is 15.8 Å². The summed E-state index contributed by atoms with van der Waals surface area (Å²) in [6.45, 7) is 0.306. The summed E-state index contributed by atoms with van der Waals surface area (Å²) in [5, 5.41) is 6.49.